The average Bonchev–Trinajstić information content (AvgIpc) is 2.95. The molecule has 0 fully saturated rings. The van der Waals surface area contributed by atoms with Gasteiger partial charge in [0.2, 0.25) is 0 Å². The average molecular weight is 271 g/mol. The molecule has 5 heteroatoms. The van der Waals surface area contributed by atoms with E-state index >= 15 is 0 Å². The molecule has 0 spiro atoms. The van der Waals surface area contributed by atoms with Gasteiger partial charge in [0.05, 0.1) is 24.7 Å². The maximum Gasteiger partial charge on any atom is 0.323 e. The van der Waals surface area contributed by atoms with Gasteiger partial charge in [-0.15, -0.1) is 0 Å². The molecule has 2 heterocycles. The molecule has 0 saturated heterocycles. The van der Waals surface area contributed by atoms with E-state index in [0.29, 0.717) is 13.0 Å². The van der Waals surface area contributed by atoms with E-state index in [1.54, 1.807) is 6.33 Å². The summed E-state index contributed by atoms with van der Waals surface area (Å²) in [6.45, 7) is 2.21. The van der Waals surface area contributed by atoms with Gasteiger partial charge in [0.1, 0.15) is 6.04 Å². The van der Waals surface area contributed by atoms with Crippen molar-refractivity contribution in [3.8, 4) is 0 Å². The van der Waals surface area contributed by atoms with Gasteiger partial charge in [-0.1, -0.05) is 30.3 Å². The normalized spacial score (nSPS) is 21.2. The van der Waals surface area contributed by atoms with Crippen LogP contribution in [0.2, 0.25) is 0 Å². The van der Waals surface area contributed by atoms with Gasteiger partial charge in [0.15, 0.2) is 0 Å². The van der Waals surface area contributed by atoms with E-state index in [-0.39, 0.29) is 18.1 Å². The topological polar surface area (TPSA) is 67.0 Å². The van der Waals surface area contributed by atoms with Gasteiger partial charge in [-0.05, 0) is 12.5 Å². The SMILES string of the molecule is CCOC(=O)[C@@H]1Cc2[nH]cnc2[C@H](c2ccccc2)N1. The van der Waals surface area contributed by atoms with Crippen LogP contribution in [-0.4, -0.2) is 28.6 Å². The fourth-order valence-electron chi connectivity index (χ4n) is 2.58. The molecule has 2 N–H and O–H groups in total. The maximum atomic E-state index is 12.0. The van der Waals surface area contributed by atoms with Gasteiger partial charge in [0.25, 0.3) is 0 Å². The lowest BCUT2D eigenvalue weighted by Crippen LogP contribution is -2.46. The highest BCUT2D eigenvalue weighted by atomic mass is 16.5. The Balaban J connectivity index is 1.92. The van der Waals surface area contributed by atoms with E-state index in [2.05, 4.69) is 15.3 Å². The number of esters is 1. The van der Waals surface area contributed by atoms with Gasteiger partial charge < -0.3 is 9.72 Å². The minimum Gasteiger partial charge on any atom is -0.465 e. The highest BCUT2D eigenvalue weighted by molar-refractivity contribution is 5.76. The zero-order valence-electron chi connectivity index (χ0n) is 11.3. The third-order valence-electron chi connectivity index (χ3n) is 3.51. The fraction of sp³-hybridized carbons (Fsp3) is 0.333. The number of aromatic nitrogens is 2. The van der Waals surface area contributed by atoms with Crippen LogP contribution in [0.1, 0.15) is 29.9 Å². The summed E-state index contributed by atoms with van der Waals surface area (Å²) in [5, 5.41) is 3.34. The lowest BCUT2D eigenvalue weighted by molar-refractivity contribution is -0.146. The predicted octanol–water partition coefficient (Wildman–Crippen LogP) is 1.58. The Labute approximate surface area is 117 Å². The summed E-state index contributed by atoms with van der Waals surface area (Å²) in [6, 6.07) is 9.58. The van der Waals surface area contributed by atoms with Gasteiger partial charge in [-0.2, -0.15) is 0 Å². The molecule has 1 aromatic heterocycles. The van der Waals surface area contributed by atoms with Crippen molar-refractivity contribution in [3.05, 3.63) is 53.6 Å². The van der Waals surface area contributed by atoms with Crippen LogP contribution in [0.25, 0.3) is 0 Å². The molecule has 0 bridgehead atoms. The Morgan fingerprint density at radius 3 is 2.95 bits per heavy atom. The van der Waals surface area contributed by atoms with Crippen molar-refractivity contribution < 1.29 is 9.53 Å². The standard InChI is InChI=1S/C15H17N3O2/c1-2-20-15(19)12-8-11-14(17-9-16-11)13(18-12)10-6-4-3-5-7-10/h3-7,9,12-13,18H,2,8H2,1H3,(H,16,17)/t12-,13-/m0/s1. The van der Waals surface area contributed by atoms with Crippen molar-refractivity contribution in [1.29, 1.82) is 0 Å². The van der Waals surface area contributed by atoms with Crippen LogP contribution in [0, 0.1) is 0 Å². The Bertz CT molecular complexity index is 594. The van der Waals surface area contributed by atoms with Crippen molar-refractivity contribution in [2.24, 2.45) is 0 Å². The van der Waals surface area contributed by atoms with E-state index in [4.69, 9.17) is 4.74 Å². The van der Waals surface area contributed by atoms with Crippen LogP contribution in [0.5, 0.6) is 0 Å². The predicted molar refractivity (Wildman–Crippen MR) is 74.1 cm³/mol. The number of nitrogens with one attached hydrogen (secondary N) is 2. The number of aromatic amines is 1. The molecular formula is C15H17N3O2. The molecule has 0 radical (unpaired) electrons. The quantitative estimate of drug-likeness (QED) is 0.832. The number of carbonyl (C=O) groups excluding carboxylic acids is 1. The van der Waals surface area contributed by atoms with Crippen molar-refractivity contribution in [1.82, 2.24) is 15.3 Å². The van der Waals surface area contributed by atoms with Crippen LogP contribution < -0.4 is 5.32 Å². The summed E-state index contributed by atoms with van der Waals surface area (Å²) in [4.78, 5) is 19.5. The number of H-pyrrole nitrogens is 1. The highest BCUT2D eigenvalue weighted by Crippen LogP contribution is 2.28. The minimum absolute atomic E-state index is 0.0828. The second kappa shape index (κ2) is 5.46. The number of hydrogen-bond acceptors (Lipinski definition) is 4. The molecule has 3 rings (SSSR count). The monoisotopic (exact) mass is 271 g/mol. The third-order valence-corrected chi connectivity index (χ3v) is 3.51. The molecule has 0 amide bonds. The maximum absolute atomic E-state index is 12.0. The molecule has 2 aromatic rings. The van der Waals surface area contributed by atoms with Gasteiger partial charge >= 0.3 is 5.97 Å². The lowest BCUT2D eigenvalue weighted by atomic mass is 9.94. The number of hydrogen-bond donors (Lipinski definition) is 2. The zero-order chi connectivity index (χ0) is 13.9. The van der Waals surface area contributed by atoms with Crippen molar-refractivity contribution >= 4 is 5.97 Å². The molecule has 1 aromatic carbocycles. The van der Waals surface area contributed by atoms with Crippen molar-refractivity contribution in [2.45, 2.75) is 25.4 Å². The van der Waals surface area contributed by atoms with E-state index in [1.165, 1.54) is 0 Å². The summed E-state index contributed by atoms with van der Waals surface area (Å²) >= 11 is 0. The van der Waals surface area contributed by atoms with E-state index in [0.717, 1.165) is 17.0 Å². The van der Waals surface area contributed by atoms with Gasteiger partial charge in [0, 0.05) is 12.1 Å². The number of ether oxygens (including phenoxy) is 1. The first-order valence-electron chi connectivity index (χ1n) is 6.79. The second-order valence-corrected chi connectivity index (χ2v) is 4.79. The number of imidazole rings is 1. The molecule has 0 aliphatic carbocycles. The second-order valence-electron chi connectivity index (χ2n) is 4.79. The number of nitrogens with zero attached hydrogens (tertiary/aromatic N) is 1. The number of rotatable bonds is 3. The van der Waals surface area contributed by atoms with Crippen LogP contribution in [0.3, 0.4) is 0 Å². The number of carbonyl (C=O) groups is 1. The summed E-state index contributed by atoms with van der Waals surface area (Å²) in [5.74, 6) is -0.214. The molecule has 0 saturated carbocycles. The summed E-state index contributed by atoms with van der Waals surface area (Å²) in [5.41, 5.74) is 3.04. The van der Waals surface area contributed by atoms with Crippen LogP contribution in [0.4, 0.5) is 0 Å². The van der Waals surface area contributed by atoms with Crippen LogP contribution >= 0.6 is 0 Å². The van der Waals surface area contributed by atoms with E-state index in [1.807, 2.05) is 37.3 Å². The van der Waals surface area contributed by atoms with E-state index in [9.17, 15) is 4.79 Å². The fourth-order valence-corrected chi connectivity index (χ4v) is 2.58. The van der Waals surface area contributed by atoms with Crippen LogP contribution in [-0.2, 0) is 16.0 Å². The molecular weight excluding hydrogens is 254 g/mol. The van der Waals surface area contributed by atoms with Crippen LogP contribution in [0.15, 0.2) is 36.7 Å². The Kier molecular flexibility index (Phi) is 3.52. The molecule has 0 unspecified atom stereocenters. The zero-order valence-corrected chi connectivity index (χ0v) is 11.3. The molecule has 1 aliphatic rings. The van der Waals surface area contributed by atoms with Gasteiger partial charge in [-0.3, -0.25) is 10.1 Å². The molecule has 1 aliphatic heterocycles. The third kappa shape index (κ3) is 2.32. The Morgan fingerprint density at radius 2 is 2.20 bits per heavy atom. The Morgan fingerprint density at radius 1 is 1.40 bits per heavy atom. The first-order valence-corrected chi connectivity index (χ1v) is 6.79. The molecule has 5 nitrogen and oxygen atoms in total. The molecule has 104 valence electrons. The molecule has 2 atom stereocenters. The summed E-state index contributed by atoms with van der Waals surface area (Å²) in [7, 11) is 0. The van der Waals surface area contributed by atoms with Crippen molar-refractivity contribution in [2.75, 3.05) is 6.61 Å². The molecule has 20 heavy (non-hydrogen) atoms. The summed E-state index contributed by atoms with van der Waals surface area (Å²) < 4.78 is 5.12. The number of fused-ring (bicyclic) bond motifs is 1. The highest BCUT2D eigenvalue weighted by Gasteiger charge is 2.33. The largest absolute Gasteiger partial charge is 0.465 e. The first kappa shape index (κ1) is 12.9. The van der Waals surface area contributed by atoms with E-state index < -0.39 is 0 Å². The minimum atomic E-state index is -0.340. The Hall–Kier alpha value is -2.14. The van der Waals surface area contributed by atoms with Gasteiger partial charge in [-0.25, -0.2) is 4.98 Å². The number of benzene rings is 1. The lowest BCUT2D eigenvalue weighted by Gasteiger charge is -2.29. The summed E-state index contributed by atoms with van der Waals surface area (Å²) in [6.07, 6.45) is 2.26. The smallest absolute Gasteiger partial charge is 0.323 e. The van der Waals surface area contributed by atoms with Crippen molar-refractivity contribution in [3.63, 3.8) is 0 Å². The first-order chi connectivity index (χ1) is 9.79.